The molecule has 4 N–H and O–H groups in total. The molecule has 0 aliphatic carbocycles. The molecule has 3 rings (SSSR count). The van der Waals surface area contributed by atoms with Gasteiger partial charge in [0, 0.05) is 10.9 Å². The number of hydrogen-bond donors (Lipinski definition) is 3. The lowest BCUT2D eigenvalue weighted by atomic mass is 9.92. The molecule has 0 bridgehead atoms. The molecule has 0 spiro atoms. The van der Waals surface area contributed by atoms with Gasteiger partial charge in [0.2, 0.25) is 0 Å². The predicted molar refractivity (Wildman–Crippen MR) is 110 cm³/mol. The van der Waals surface area contributed by atoms with Gasteiger partial charge in [0.05, 0.1) is 16.8 Å². The molecule has 27 heavy (non-hydrogen) atoms. The van der Waals surface area contributed by atoms with Crippen LogP contribution in [0.1, 0.15) is 42.1 Å². The van der Waals surface area contributed by atoms with Crippen molar-refractivity contribution < 1.29 is 4.79 Å². The highest BCUT2D eigenvalue weighted by Gasteiger charge is 2.21. The summed E-state index contributed by atoms with van der Waals surface area (Å²) in [6.07, 6.45) is 3.89. The van der Waals surface area contributed by atoms with Crippen molar-refractivity contribution in [3.05, 3.63) is 65.7 Å². The normalized spacial score (nSPS) is 10.7. The molecule has 2 aromatic carbocycles. The molecule has 0 fully saturated rings. The smallest absolute Gasteiger partial charge is 0.258 e. The number of nitrogens with zero attached hydrogens (tertiary/aromatic N) is 1. The zero-order chi connectivity index (χ0) is 19.2. The van der Waals surface area contributed by atoms with Crippen LogP contribution in [0.25, 0.3) is 22.2 Å². The molecule has 138 valence electrons. The predicted octanol–water partition coefficient (Wildman–Crippen LogP) is 4.26. The Morgan fingerprint density at radius 3 is 2.48 bits per heavy atom. The third-order valence-electron chi connectivity index (χ3n) is 4.55. The maximum Gasteiger partial charge on any atom is 0.258 e. The van der Waals surface area contributed by atoms with E-state index in [9.17, 15) is 4.79 Å². The number of nitrogens with two attached hydrogens (primary N) is 1. The van der Waals surface area contributed by atoms with E-state index >= 15 is 0 Å². The van der Waals surface area contributed by atoms with Gasteiger partial charge < -0.3 is 5.73 Å². The number of benzene rings is 2. The van der Waals surface area contributed by atoms with Crippen LogP contribution < -0.4 is 11.1 Å². The summed E-state index contributed by atoms with van der Waals surface area (Å²) in [5.41, 5.74) is 9.45. The fourth-order valence-electron chi connectivity index (χ4n) is 3.33. The first kappa shape index (κ1) is 18.6. The number of unbranched alkanes of at least 4 members (excludes halogenated alkanes) is 2. The van der Waals surface area contributed by atoms with Crippen molar-refractivity contribution >= 4 is 22.8 Å². The summed E-state index contributed by atoms with van der Waals surface area (Å²) < 4.78 is 0. The van der Waals surface area contributed by atoms with Crippen LogP contribution in [0.3, 0.4) is 0 Å². The number of guanidine groups is 1. The molecule has 0 aliphatic rings. The van der Waals surface area contributed by atoms with E-state index in [2.05, 4.69) is 12.2 Å². The highest BCUT2D eigenvalue weighted by atomic mass is 16.1. The van der Waals surface area contributed by atoms with E-state index in [1.54, 1.807) is 0 Å². The number of carbonyl (C=O) groups is 1. The number of carbonyl (C=O) groups excluding carboxylic acids is 1. The van der Waals surface area contributed by atoms with E-state index in [4.69, 9.17) is 16.1 Å². The lowest BCUT2D eigenvalue weighted by Crippen LogP contribution is -2.36. The van der Waals surface area contributed by atoms with Crippen LogP contribution in [0.15, 0.2) is 54.6 Å². The minimum Gasteiger partial charge on any atom is -0.370 e. The Balaban J connectivity index is 2.27. The molecule has 5 heteroatoms. The number of hydrogen-bond acceptors (Lipinski definition) is 3. The van der Waals surface area contributed by atoms with Gasteiger partial charge in [-0.05, 0) is 24.5 Å². The molecule has 1 amide bonds. The maximum absolute atomic E-state index is 12.9. The topological polar surface area (TPSA) is 91.9 Å². The van der Waals surface area contributed by atoms with Crippen molar-refractivity contribution in [3.63, 3.8) is 0 Å². The summed E-state index contributed by atoms with van der Waals surface area (Å²) in [7, 11) is 0. The summed E-state index contributed by atoms with van der Waals surface area (Å²) in [6, 6.07) is 17.5. The van der Waals surface area contributed by atoms with Crippen molar-refractivity contribution in [2.75, 3.05) is 0 Å². The molecule has 0 saturated carbocycles. The first-order chi connectivity index (χ1) is 13.1. The fourth-order valence-corrected chi connectivity index (χ4v) is 3.33. The summed E-state index contributed by atoms with van der Waals surface area (Å²) in [5.74, 6) is -0.716. The highest BCUT2D eigenvalue weighted by Crippen LogP contribution is 2.31. The van der Waals surface area contributed by atoms with E-state index in [-0.39, 0.29) is 11.9 Å². The number of aromatic nitrogens is 1. The van der Waals surface area contributed by atoms with Crippen LogP contribution in [0, 0.1) is 5.41 Å². The van der Waals surface area contributed by atoms with Crippen LogP contribution in [-0.4, -0.2) is 16.9 Å². The van der Waals surface area contributed by atoms with Gasteiger partial charge in [-0.1, -0.05) is 68.3 Å². The molecule has 0 aliphatic heterocycles. The average molecular weight is 360 g/mol. The van der Waals surface area contributed by atoms with Crippen molar-refractivity contribution in [1.29, 1.82) is 5.41 Å². The molecular formula is C22H24N4O. The monoisotopic (exact) mass is 360 g/mol. The van der Waals surface area contributed by atoms with Gasteiger partial charge in [-0.25, -0.2) is 4.98 Å². The van der Waals surface area contributed by atoms with E-state index in [1.807, 2.05) is 54.6 Å². The van der Waals surface area contributed by atoms with Crippen molar-refractivity contribution in [2.24, 2.45) is 5.73 Å². The zero-order valence-electron chi connectivity index (χ0n) is 15.5. The van der Waals surface area contributed by atoms with Crippen molar-refractivity contribution in [1.82, 2.24) is 10.3 Å². The van der Waals surface area contributed by atoms with Gasteiger partial charge in [0.1, 0.15) is 0 Å². The molecule has 0 radical (unpaired) electrons. The summed E-state index contributed by atoms with van der Waals surface area (Å²) in [5, 5.41) is 10.7. The van der Waals surface area contributed by atoms with Crippen LogP contribution in [0.2, 0.25) is 0 Å². The fraction of sp³-hybridized carbons (Fsp3) is 0.227. The average Bonchev–Trinajstić information content (AvgIpc) is 2.67. The first-order valence-electron chi connectivity index (χ1n) is 9.24. The number of para-hydroxylation sites is 1. The largest absolute Gasteiger partial charge is 0.370 e. The Morgan fingerprint density at radius 2 is 1.78 bits per heavy atom. The number of amides is 1. The molecular weight excluding hydrogens is 336 g/mol. The van der Waals surface area contributed by atoms with E-state index in [1.165, 1.54) is 0 Å². The zero-order valence-corrected chi connectivity index (χ0v) is 15.5. The Morgan fingerprint density at radius 1 is 1.07 bits per heavy atom. The molecule has 1 heterocycles. The third kappa shape index (κ3) is 4.14. The molecule has 0 saturated heterocycles. The molecule has 1 aromatic heterocycles. The second-order valence-corrected chi connectivity index (χ2v) is 6.52. The first-order valence-corrected chi connectivity index (χ1v) is 9.24. The molecule has 3 aromatic rings. The van der Waals surface area contributed by atoms with Gasteiger partial charge in [0.25, 0.3) is 5.91 Å². The quantitative estimate of drug-likeness (QED) is 0.348. The Kier molecular flexibility index (Phi) is 5.81. The number of fused-ring (bicyclic) bond motifs is 1. The number of pyridine rings is 1. The minimum absolute atomic E-state index is 0.357. The molecule has 0 atom stereocenters. The third-order valence-corrected chi connectivity index (χ3v) is 4.55. The van der Waals surface area contributed by atoms with Crippen LogP contribution in [-0.2, 0) is 6.42 Å². The lowest BCUT2D eigenvalue weighted by Gasteiger charge is -2.17. The Hall–Kier alpha value is -3.21. The van der Waals surface area contributed by atoms with E-state index < -0.39 is 0 Å². The van der Waals surface area contributed by atoms with Gasteiger partial charge >= 0.3 is 0 Å². The van der Waals surface area contributed by atoms with Crippen LogP contribution in [0.4, 0.5) is 0 Å². The molecule has 5 nitrogen and oxygen atoms in total. The van der Waals surface area contributed by atoms with Gasteiger partial charge in [-0.3, -0.25) is 15.5 Å². The Bertz CT molecular complexity index is 967. The van der Waals surface area contributed by atoms with Crippen molar-refractivity contribution in [2.45, 2.75) is 32.6 Å². The molecule has 0 unspecified atom stereocenters. The summed E-state index contributed by atoms with van der Waals surface area (Å²) in [4.78, 5) is 17.8. The van der Waals surface area contributed by atoms with Gasteiger partial charge in [-0.2, -0.15) is 0 Å². The van der Waals surface area contributed by atoms with Gasteiger partial charge in [0.15, 0.2) is 5.96 Å². The second kappa shape index (κ2) is 8.45. The highest BCUT2D eigenvalue weighted by molar-refractivity contribution is 6.13. The van der Waals surface area contributed by atoms with Gasteiger partial charge in [-0.15, -0.1) is 0 Å². The lowest BCUT2D eigenvalue weighted by molar-refractivity contribution is 0.0977. The van der Waals surface area contributed by atoms with E-state index in [0.717, 1.165) is 53.4 Å². The summed E-state index contributed by atoms with van der Waals surface area (Å²) >= 11 is 0. The minimum atomic E-state index is -0.360. The SMILES string of the molecule is CCCCCc1c(-c2ccccc2)nc2ccccc2c1C(=O)NC(=N)N. The maximum atomic E-state index is 12.9. The Labute approximate surface area is 159 Å². The van der Waals surface area contributed by atoms with E-state index in [0.29, 0.717) is 5.56 Å². The number of nitrogens with one attached hydrogen (secondary N) is 2. The van der Waals surface area contributed by atoms with Crippen LogP contribution in [0.5, 0.6) is 0 Å². The standard InChI is InChI=1S/C22H24N4O/c1-2-3-5-13-17-19(21(27)26-22(23)24)16-12-8-9-14-18(16)25-20(17)15-10-6-4-7-11-15/h4,6-12,14H,2-3,5,13H2,1H3,(H4,23,24,26,27). The van der Waals surface area contributed by atoms with Crippen molar-refractivity contribution in [3.8, 4) is 11.3 Å². The summed E-state index contributed by atoms with van der Waals surface area (Å²) in [6.45, 7) is 2.15. The second-order valence-electron chi connectivity index (χ2n) is 6.52. The van der Waals surface area contributed by atoms with Crippen LogP contribution >= 0.6 is 0 Å². The number of rotatable bonds is 6.